The van der Waals surface area contributed by atoms with E-state index in [0.29, 0.717) is 12.6 Å². The zero-order chi connectivity index (χ0) is 13.1. The van der Waals surface area contributed by atoms with Crippen LogP contribution >= 0.6 is 0 Å². The number of anilines is 1. The number of carbonyl (C=O) groups is 1. The summed E-state index contributed by atoms with van der Waals surface area (Å²) in [5.74, 6) is 0.964. The monoisotopic (exact) mass is 261 g/mol. The van der Waals surface area contributed by atoms with Gasteiger partial charge in [-0.1, -0.05) is 0 Å². The molecule has 2 fully saturated rings. The van der Waals surface area contributed by atoms with Crippen molar-refractivity contribution >= 4 is 11.9 Å². The van der Waals surface area contributed by atoms with Gasteiger partial charge in [0, 0.05) is 44.6 Å². The van der Waals surface area contributed by atoms with E-state index >= 15 is 0 Å². The Bertz CT molecular complexity index is 426. The van der Waals surface area contributed by atoms with Crippen molar-refractivity contribution in [2.24, 2.45) is 0 Å². The van der Waals surface area contributed by atoms with Gasteiger partial charge in [-0.2, -0.15) is 0 Å². The van der Waals surface area contributed by atoms with Gasteiger partial charge in [0.15, 0.2) is 0 Å². The number of aromatic nitrogens is 2. The molecule has 1 saturated heterocycles. The SMILES string of the molecule is O=C(CNC1CC1)N1CCN(c2ncccn2)CC1. The van der Waals surface area contributed by atoms with Crippen LogP contribution in [0, 0.1) is 0 Å². The summed E-state index contributed by atoms with van der Waals surface area (Å²) in [4.78, 5) is 24.5. The number of amides is 1. The first-order valence-corrected chi connectivity index (χ1v) is 6.86. The maximum absolute atomic E-state index is 12.0. The van der Waals surface area contributed by atoms with Gasteiger partial charge >= 0.3 is 0 Å². The van der Waals surface area contributed by atoms with Crippen LogP contribution in [-0.4, -0.2) is 59.5 Å². The molecule has 2 aliphatic rings. The number of nitrogens with zero attached hydrogens (tertiary/aromatic N) is 4. The quantitative estimate of drug-likeness (QED) is 0.818. The maximum Gasteiger partial charge on any atom is 0.236 e. The van der Waals surface area contributed by atoms with Crippen molar-refractivity contribution in [1.29, 1.82) is 0 Å². The zero-order valence-electron chi connectivity index (χ0n) is 11.0. The molecule has 102 valence electrons. The van der Waals surface area contributed by atoms with Gasteiger partial charge in [-0.3, -0.25) is 4.79 Å². The van der Waals surface area contributed by atoms with Crippen molar-refractivity contribution in [3.05, 3.63) is 18.5 Å². The van der Waals surface area contributed by atoms with Gasteiger partial charge in [0.05, 0.1) is 6.54 Å². The molecule has 6 heteroatoms. The first kappa shape index (κ1) is 12.3. The van der Waals surface area contributed by atoms with E-state index in [1.807, 2.05) is 11.0 Å². The van der Waals surface area contributed by atoms with Gasteiger partial charge in [0.1, 0.15) is 0 Å². The number of hydrogen-bond donors (Lipinski definition) is 1. The highest BCUT2D eigenvalue weighted by Crippen LogP contribution is 2.18. The van der Waals surface area contributed by atoms with E-state index in [0.717, 1.165) is 32.1 Å². The summed E-state index contributed by atoms with van der Waals surface area (Å²) >= 11 is 0. The molecule has 19 heavy (non-hydrogen) atoms. The summed E-state index contributed by atoms with van der Waals surface area (Å²) in [5, 5.41) is 3.27. The molecule has 0 unspecified atom stereocenters. The Kier molecular flexibility index (Phi) is 3.59. The summed E-state index contributed by atoms with van der Waals surface area (Å²) in [6, 6.07) is 2.40. The van der Waals surface area contributed by atoms with Gasteiger partial charge in [-0.15, -0.1) is 0 Å². The Morgan fingerprint density at radius 1 is 1.21 bits per heavy atom. The van der Waals surface area contributed by atoms with E-state index in [4.69, 9.17) is 0 Å². The lowest BCUT2D eigenvalue weighted by Gasteiger charge is -2.34. The van der Waals surface area contributed by atoms with Crippen LogP contribution in [0.5, 0.6) is 0 Å². The molecule has 0 radical (unpaired) electrons. The molecule has 1 aliphatic heterocycles. The third kappa shape index (κ3) is 3.20. The van der Waals surface area contributed by atoms with E-state index in [-0.39, 0.29) is 5.91 Å². The second-order valence-corrected chi connectivity index (χ2v) is 5.07. The van der Waals surface area contributed by atoms with E-state index in [1.54, 1.807) is 12.4 Å². The molecule has 1 N–H and O–H groups in total. The number of carbonyl (C=O) groups excluding carboxylic acids is 1. The van der Waals surface area contributed by atoms with Crippen LogP contribution in [-0.2, 0) is 4.79 Å². The lowest BCUT2D eigenvalue weighted by molar-refractivity contribution is -0.130. The second-order valence-electron chi connectivity index (χ2n) is 5.07. The molecule has 0 bridgehead atoms. The van der Waals surface area contributed by atoms with Crippen LogP contribution in [0.15, 0.2) is 18.5 Å². The predicted octanol–water partition coefficient (Wildman–Crippen LogP) is -0.123. The molecular weight excluding hydrogens is 242 g/mol. The summed E-state index contributed by atoms with van der Waals surface area (Å²) < 4.78 is 0. The first-order chi connectivity index (χ1) is 9.33. The minimum Gasteiger partial charge on any atom is -0.338 e. The molecule has 0 atom stereocenters. The molecule has 1 saturated carbocycles. The molecule has 1 amide bonds. The van der Waals surface area contributed by atoms with Crippen LogP contribution in [0.2, 0.25) is 0 Å². The summed E-state index contributed by atoms with van der Waals surface area (Å²) in [6.07, 6.45) is 5.93. The highest BCUT2D eigenvalue weighted by atomic mass is 16.2. The first-order valence-electron chi connectivity index (χ1n) is 6.86. The van der Waals surface area contributed by atoms with Crippen molar-refractivity contribution in [3.8, 4) is 0 Å². The third-order valence-corrected chi connectivity index (χ3v) is 3.59. The van der Waals surface area contributed by atoms with Crippen LogP contribution in [0.25, 0.3) is 0 Å². The van der Waals surface area contributed by atoms with Crippen LogP contribution < -0.4 is 10.2 Å². The number of nitrogens with one attached hydrogen (secondary N) is 1. The van der Waals surface area contributed by atoms with Gasteiger partial charge < -0.3 is 15.1 Å². The Labute approximate surface area is 112 Å². The molecular formula is C13H19N5O. The summed E-state index contributed by atoms with van der Waals surface area (Å²) in [6.45, 7) is 3.59. The van der Waals surface area contributed by atoms with Gasteiger partial charge in [0.25, 0.3) is 0 Å². The molecule has 1 aliphatic carbocycles. The van der Waals surface area contributed by atoms with E-state index in [2.05, 4.69) is 20.2 Å². The predicted molar refractivity (Wildman–Crippen MR) is 71.8 cm³/mol. The van der Waals surface area contributed by atoms with Crippen LogP contribution in [0.4, 0.5) is 5.95 Å². The summed E-state index contributed by atoms with van der Waals surface area (Å²) in [5.41, 5.74) is 0. The van der Waals surface area contributed by atoms with Crippen molar-refractivity contribution in [2.45, 2.75) is 18.9 Å². The Morgan fingerprint density at radius 2 is 1.89 bits per heavy atom. The van der Waals surface area contributed by atoms with Gasteiger partial charge in [-0.25, -0.2) is 9.97 Å². The van der Waals surface area contributed by atoms with Crippen molar-refractivity contribution < 1.29 is 4.79 Å². The minimum absolute atomic E-state index is 0.209. The highest BCUT2D eigenvalue weighted by molar-refractivity contribution is 5.78. The topological polar surface area (TPSA) is 61.4 Å². The van der Waals surface area contributed by atoms with Crippen molar-refractivity contribution in [2.75, 3.05) is 37.6 Å². The largest absolute Gasteiger partial charge is 0.338 e. The Balaban J connectivity index is 1.47. The Morgan fingerprint density at radius 3 is 2.53 bits per heavy atom. The lowest BCUT2D eigenvalue weighted by Crippen LogP contribution is -2.51. The maximum atomic E-state index is 12.0. The Hall–Kier alpha value is -1.69. The average Bonchev–Trinajstić information content (AvgIpc) is 3.30. The molecule has 6 nitrogen and oxygen atoms in total. The fourth-order valence-corrected chi connectivity index (χ4v) is 2.24. The summed E-state index contributed by atoms with van der Waals surface area (Å²) in [7, 11) is 0. The molecule has 2 heterocycles. The molecule has 1 aromatic heterocycles. The zero-order valence-corrected chi connectivity index (χ0v) is 11.0. The third-order valence-electron chi connectivity index (χ3n) is 3.59. The van der Waals surface area contributed by atoms with Crippen molar-refractivity contribution in [3.63, 3.8) is 0 Å². The fourth-order valence-electron chi connectivity index (χ4n) is 2.24. The van der Waals surface area contributed by atoms with E-state index in [1.165, 1.54) is 12.8 Å². The lowest BCUT2D eigenvalue weighted by atomic mass is 10.3. The van der Waals surface area contributed by atoms with E-state index in [9.17, 15) is 4.79 Å². The molecule has 3 rings (SSSR count). The molecule has 0 spiro atoms. The number of rotatable bonds is 4. The van der Waals surface area contributed by atoms with Crippen molar-refractivity contribution in [1.82, 2.24) is 20.2 Å². The molecule has 0 aromatic carbocycles. The van der Waals surface area contributed by atoms with Gasteiger partial charge in [-0.05, 0) is 18.9 Å². The minimum atomic E-state index is 0.209. The molecule has 1 aromatic rings. The second kappa shape index (κ2) is 5.52. The number of hydrogen-bond acceptors (Lipinski definition) is 5. The number of piperazine rings is 1. The van der Waals surface area contributed by atoms with Crippen LogP contribution in [0.1, 0.15) is 12.8 Å². The highest BCUT2D eigenvalue weighted by Gasteiger charge is 2.25. The normalized spacial score (nSPS) is 19.6. The average molecular weight is 261 g/mol. The smallest absolute Gasteiger partial charge is 0.236 e. The van der Waals surface area contributed by atoms with Crippen LogP contribution in [0.3, 0.4) is 0 Å². The van der Waals surface area contributed by atoms with E-state index < -0.39 is 0 Å². The fraction of sp³-hybridized carbons (Fsp3) is 0.615. The van der Waals surface area contributed by atoms with Gasteiger partial charge in [0.2, 0.25) is 11.9 Å². The standard InChI is InChI=1S/C13H19N5O/c19-12(10-16-11-2-3-11)17-6-8-18(9-7-17)13-14-4-1-5-15-13/h1,4-5,11,16H,2-3,6-10H2.